The Labute approximate surface area is 105 Å². The highest BCUT2D eigenvalue weighted by Gasteiger charge is 2.44. The topological polar surface area (TPSA) is 52.3 Å². The molecule has 0 aliphatic heterocycles. The molecule has 0 aromatic rings. The maximum atomic E-state index is 11.6. The maximum absolute atomic E-state index is 11.6. The summed E-state index contributed by atoms with van der Waals surface area (Å²) in [4.78, 5) is 11.6. The summed E-state index contributed by atoms with van der Waals surface area (Å²) >= 11 is 0. The molecule has 1 saturated carbocycles. The van der Waals surface area contributed by atoms with Crippen LogP contribution in [0.5, 0.6) is 0 Å². The Hall–Kier alpha value is -0.570. The molecule has 0 aromatic heterocycles. The molecular formula is C14H27NO2. The van der Waals surface area contributed by atoms with Crippen LogP contribution in [0.4, 0.5) is 0 Å². The van der Waals surface area contributed by atoms with Crippen molar-refractivity contribution in [2.24, 2.45) is 16.6 Å². The van der Waals surface area contributed by atoms with E-state index in [4.69, 9.17) is 10.5 Å². The fourth-order valence-corrected chi connectivity index (χ4v) is 3.44. The van der Waals surface area contributed by atoms with Crippen LogP contribution in [0.3, 0.4) is 0 Å². The molecule has 1 fully saturated rings. The van der Waals surface area contributed by atoms with Gasteiger partial charge in [-0.25, -0.2) is 0 Å². The van der Waals surface area contributed by atoms with Gasteiger partial charge in [-0.2, -0.15) is 0 Å². The van der Waals surface area contributed by atoms with Gasteiger partial charge in [0.2, 0.25) is 0 Å². The minimum absolute atomic E-state index is 0.0520. The molecule has 0 saturated heterocycles. The van der Waals surface area contributed by atoms with E-state index in [1.165, 1.54) is 13.5 Å². The highest BCUT2D eigenvalue weighted by atomic mass is 16.5. The largest absolute Gasteiger partial charge is 0.469 e. The molecule has 1 aliphatic rings. The van der Waals surface area contributed by atoms with Crippen LogP contribution >= 0.6 is 0 Å². The summed E-state index contributed by atoms with van der Waals surface area (Å²) in [6.07, 6.45) is 5.88. The van der Waals surface area contributed by atoms with Crippen molar-refractivity contribution in [3.8, 4) is 0 Å². The smallest absolute Gasteiger partial charge is 0.306 e. The van der Waals surface area contributed by atoms with E-state index in [0.717, 1.165) is 25.7 Å². The van der Waals surface area contributed by atoms with Gasteiger partial charge in [0.25, 0.3) is 0 Å². The van der Waals surface area contributed by atoms with Gasteiger partial charge in [-0.05, 0) is 36.5 Å². The van der Waals surface area contributed by atoms with Crippen LogP contribution in [0.15, 0.2) is 0 Å². The Morgan fingerprint density at radius 3 is 2.53 bits per heavy atom. The highest BCUT2D eigenvalue weighted by molar-refractivity contribution is 5.70. The van der Waals surface area contributed by atoms with Crippen LogP contribution in [0.25, 0.3) is 0 Å². The van der Waals surface area contributed by atoms with Gasteiger partial charge < -0.3 is 10.5 Å². The van der Waals surface area contributed by atoms with E-state index in [9.17, 15) is 4.79 Å². The Morgan fingerprint density at radius 1 is 1.41 bits per heavy atom. The second-order valence-corrected chi connectivity index (χ2v) is 6.32. The predicted molar refractivity (Wildman–Crippen MR) is 69.6 cm³/mol. The molecule has 1 aliphatic carbocycles. The Morgan fingerprint density at radius 2 is 2.06 bits per heavy atom. The first-order valence-corrected chi connectivity index (χ1v) is 6.68. The number of hydrogen-bond acceptors (Lipinski definition) is 3. The second-order valence-electron chi connectivity index (χ2n) is 6.32. The molecule has 0 bridgehead atoms. The zero-order valence-corrected chi connectivity index (χ0v) is 11.7. The van der Waals surface area contributed by atoms with E-state index in [0.29, 0.717) is 11.8 Å². The van der Waals surface area contributed by atoms with Gasteiger partial charge >= 0.3 is 5.97 Å². The average molecular weight is 241 g/mol. The van der Waals surface area contributed by atoms with Crippen LogP contribution in [0, 0.1) is 10.8 Å². The van der Waals surface area contributed by atoms with Gasteiger partial charge in [0.05, 0.1) is 13.5 Å². The van der Waals surface area contributed by atoms with Crippen molar-refractivity contribution >= 4 is 5.97 Å². The summed E-state index contributed by atoms with van der Waals surface area (Å²) in [5.41, 5.74) is 6.54. The molecule has 2 N–H and O–H groups in total. The number of hydrogen-bond donors (Lipinski definition) is 1. The first-order valence-electron chi connectivity index (χ1n) is 6.68. The standard InChI is InChI=1S/C14H27NO2/c1-5-11(15)14(9-12(16)17-4)8-6-7-13(2,3)10-14/h11H,5-10,15H2,1-4H3. The fourth-order valence-electron chi connectivity index (χ4n) is 3.44. The summed E-state index contributed by atoms with van der Waals surface area (Å²) in [6.45, 7) is 6.66. The summed E-state index contributed by atoms with van der Waals surface area (Å²) in [6, 6.07) is 0.0983. The third-order valence-electron chi connectivity index (χ3n) is 4.31. The first kappa shape index (κ1) is 14.5. The van der Waals surface area contributed by atoms with Crippen LogP contribution in [0.2, 0.25) is 0 Å². The molecule has 0 spiro atoms. The molecule has 0 aromatic carbocycles. The lowest BCUT2D eigenvalue weighted by atomic mass is 9.59. The van der Waals surface area contributed by atoms with E-state index in [2.05, 4.69) is 20.8 Å². The lowest BCUT2D eigenvalue weighted by Crippen LogP contribution is -2.48. The van der Waals surface area contributed by atoms with Crippen molar-refractivity contribution in [2.75, 3.05) is 7.11 Å². The zero-order valence-electron chi connectivity index (χ0n) is 11.7. The number of carbonyl (C=O) groups is 1. The Balaban J connectivity index is 2.89. The number of nitrogens with two attached hydrogens (primary N) is 1. The molecule has 100 valence electrons. The summed E-state index contributed by atoms with van der Waals surface area (Å²) < 4.78 is 4.85. The summed E-state index contributed by atoms with van der Waals surface area (Å²) in [5, 5.41) is 0. The van der Waals surface area contributed by atoms with Crippen molar-refractivity contribution in [3.63, 3.8) is 0 Å². The van der Waals surface area contributed by atoms with Crippen molar-refractivity contribution in [1.29, 1.82) is 0 Å². The SMILES string of the molecule is CCC(N)C1(CC(=O)OC)CCCC(C)(C)C1. The predicted octanol–water partition coefficient (Wildman–Crippen LogP) is 2.87. The van der Waals surface area contributed by atoms with Crippen molar-refractivity contribution in [1.82, 2.24) is 0 Å². The molecule has 0 radical (unpaired) electrons. The Kier molecular flexibility index (Phi) is 4.59. The monoisotopic (exact) mass is 241 g/mol. The van der Waals surface area contributed by atoms with Crippen molar-refractivity contribution in [3.05, 3.63) is 0 Å². The van der Waals surface area contributed by atoms with Gasteiger partial charge in [-0.15, -0.1) is 0 Å². The van der Waals surface area contributed by atoms with Crippen LogP contribution in [-0.2, 0) is 9.53 Å². The maximum Gasteiger partial charge on any atom is 0.306 e. The zero-order chi connectivity index (χ0) is 13.1. The van der Waals surface area contributed by atoms with Crippen LogP contribution < -0.4 is 5.73 Å². The molecule has 1 rings (SSSR count). The van der Waals surface area contributed by atoms with Gasteiger partial charge in [0.1, 0.15) is 0 Å². The molecule has 2 atom stereocenters. The molecule has 0 heterocycles. The molecular weight excluding hydrogens is 214 g/mol. The van der Waals surface area contributed by atoms with Crippen LogP contribution in [0.1, 0.15) is 59.3 Å². The fraction of sp³-hybridized carbons (Fsp3) is 0.929. The normalized spacial score (nSPS) is 29.7. The highest BCUT2D eigenvalue weighted by Crippen LogP contribution is 2.50. The minimum atomic E-state index is -0.119. The van der Waals surface area contributed by atoms with E-state index < -0.39 is 0 Å². The van der Waals surface area contributed by atoms with E-state index in [1.54, 1.807) is 0 Å². The lowest BCUT2D eigenvalue weighted by Gasteiger charge is -2.47. The van der Waals surface area contributed by atoms with Gasteiger partial charge in [0, 0.05) is 6.04 Å². The Bertz CT molecular complexity index is 275. The molecule has 0 amide bonds. The van der Waals surface area contributed by atoms with Gasteiger partial charge in [-0.3, -0.25) is 4.79 Å². The van der Waals surface area contributed by atoms with E-state index in [-0.39, 0.29) is 17.4 Å². The van der Waals surface area contributed by atoms with Gasteiger partial charge in [0.15, 0.2) is 0 Å². The van der Waals surface area contributed by atoms with Crippen molar-refractivity contribution in [2.45, 2.75) is 65.3 Å². The number of ether oxygens (including phenoxy) is 1. The first-order chi connectivity index (χ1) is 7.85. The number of methoxy groups -OCH3 is 1. The lowest BCUT2D eigenvalue weighted by molar-refractivity contribution is -0.145. The molecule has 17 heavy (non-hydrogen) atoms. The number of rotatable bonds is 4. The van der Waals surface area contributed by atoms with Crippen molar-refractivity contribution < 1.29 is 9.53 Å². The third-order valence-corrected chi connectivity index (χ3v) is 4.31. The molecule has 3 nitrogen and oxygen atoms in total. The molecule has 2 unspecified atom stereocenters. The molecule has 3 heteroatoms. The second kappa shape index (κ2) is 5.38. The van der Waals surface area contributed by atoms with E-state index >= 15 is 0 Å². The van der Waals surface area contributed by atoms with Gasteiger partial charge in [-0.1, -0.05) is 27.2 Å². The average Bonchev–Trinajstić information content (AvgIpc) is 2.26. The third kappa shape index (κ3) is 3.44. The summed E-state index contributed by atoms with van der Waals surface area (Å²) in [5.74, 6) is -0.119. The number of carbonyl (C=O) groups excluding carboxylic acids is 1. The quantitative estimate of drug-likeness (QED) is 0.770. The number of esters is 1. The van der Waals surface area contributed by atoms with Crippen LogP contribution in [-0.4, -0.2) is 19.1 Å². The van der Waals surface area contributed by atoms with E-state index in [1.807, 2.05) is 0 Å². The summed E-state index contributed by atoms with van der Waals surface area (Å²) in [7, 11) is 1.46. The minimum Gasteiger partial charge on any atom is -0.469 e.